The second kappa shape index (κ2) is 4.77. The molecule has 1 fully saturated rings. The van der Waals surface area contributed by atoms with E-state index in [-0.39, 0.29) is 6.04 Å². The van der Waals surface area contributed by atoms with E-state index in [1.54, 1.807) is 0 Å². The van der Waals surface area contributed by atoms with Crippen LogP contribution in [0, 0.1) is 0 Å². The fourth-order valence-corrected chi connectivity index (χ4v) is 2.32. The summed E-state index contributed by atoms with van der Waals surface area (Å²) < 4.78 is 0. The largest absolute Gasteiger partial charge is 0.323 e. The molecule has 2 rings (SSSR count). The standard InChI is InChI=1S/C13H20N2/c1-11-6-5-9-15(11)10-13(14)12-7-3-2-4-8-12/h2-4,7-8,11,13H,5-6,9-10,14H2,1H3/t11?,13-/m1/s1. The number of nitrogens with zero attached hydrogens (tertiary/aromatic N) is 1. The van der Waals surface area contributed by atoms with Gasteiger partial charge in [0.15, 0.2) is 0 Å². The van der Waals surface area contributed by atoms with Gasteiger partial charge in [0, 0.05) is 18.6 Å². The highest BCUT2D eigenvalue weighted by Gasteiger charge is 2.22. The molecule has 0 spiro atoms. The van der Waals surface area contributed by atoms with Crippen molar-refractivity contribution in [3.8, 4) is 0 Å². The second-order valence-corrected chi connectivity index (χ2v) is 4.50. The van der Waals surface area contributed by atoms with E-state index in [0.29, 0.717) is 6.04 Å². The van der Waals surface area contributed by atoms with Gasteiger partial charge in [-0.1, -0.05) is 30.3 Å². The van der Waals surface area contributed by atoms with Gasteiger partial charge in [0.25, 0.3) is 0 Å². The van der Waals surface area contributed by atoms with Gasteiger partial charge in [0.2, 0.25) is 0 Å². The van der Waals surface area contributed by atoms with Crippen molar-refractivity contribution in [3.05, 3.63) is 35.9 Å². The van der Waals surface area contributed by atoms with Gasteiger partial charge < -0.3 is 5.73 Å². The first-order valence-corrected chi connectivity index (χ1v) is 5.82. The zero-order chi connectivity index (χ0) is 10.7. The second-order valence-electron chi connectivity index (χ2n) is 4.50. The SMILES string of the molecule is CC1CCCN1C[C@@H](N)c1ccccc1. The zero-order valence-corrected chi connectivity index (χ0v) is 9.39. The van der Waals surface area contributed by atoms with Crippen LogP contribution in [0.2, 0.25) is 0 Å². The zero-order valence-electron chi connectivity index (χ0n) is 9.39. The molecule has 2 heteroatoms. The molecule has 1 aliphatic rings. The minimum atomic E-state index is 0.159. The Kier molecular flexibility index (Phi) is 3.39. The summed E-state index contributed by atoms with van der Waals surface area (Å²) in [7, 11) is 0. The number of likely N-dealkylation sites (tertiary alicyclic amines) is 1. The summed E-state index contributed by atoms with van der Waals surface area (Å²) in [6.07, 6.45) is 2.64. The molecular formula is C13H20N2. The lowest BCUT2D eigenvalue weighted by Gasteiger charge is -2.24. The molecule has 1 aromatic carbocycles. The van der Waals surface area contributed by atoms with E-state index in [1.165, 1.54) is 24.9 Å². The molecule has 1 saturated heterocycles. The van der Waals surface area contributed by atoms with E-state index < -0.39 is 0 Å². The molecule has 2 nitrogen and oxygen atoms in total. The maximum Gasteiger partial charge on any atom is 0.0424 e. The quantitative estimate of drug-likeness (QED) is 0.817. The summed E-state index contributed by atoms with van der Waals surface area (Å²) >= 11 is 0. The lowest BCUT2D eigenvalue weighted by Crippen LogP contribution is -2.34. The first-order chi connectivity index (χ1) is 7.27. The molecule has 2 atom stereocenters. The normalized spacial score (nSPS) is 24.3. The van der Waals surface area contributed by atoms with Crippen molar-refractivity contribution >= 4 is 0 Å². The lowest BCUT2D eigenvalue weighted by atomic mass is 10.1. The van der Waals surface area contributed by atoms with Gasteiger partial charge in [0.1, 0.15) is 0 Å². The van der Waals surface area contributed by atoms with Crippen LogP contribution in [0.4, 0.5) is 0 Å². The molecule has 1 aromatic rings. The summed E-state index contributed by atoms with van der Waals surface area (Å²) in [6.45, 7) is 4.50. The Morgan fingerprint density at radius 1 is 1.40 bits per heavy atom. The van der Waals surface area contributed by atoms with Gasteiger partial charge in [-0.3, -0.25) is 4.90 Å². The van der Waals surface area contributed by atoms with E-state index in [4.69, 9.17) is 5.73 Å². The molecule has 0 radical (unpaired) electrons. The van der Waals surface area contributed by atoms with Gasteiger partial charge in [0.05, 0.1) is 0 Å². The fraction of sp³-hybridized carbons (Fsp3) is 0.538. The third kappa shape index (κ3) is 2.58. The smallest absolute Gasteiger partial charge is 0.0424 e. The number of nitrogens with two attached hydrogens (primary N) is 1. The van der Waals surface area contributed by atoms with Crippen LogP contribution in [0.1, 0.15) is 31.4 Å². The van der Waals surface area contributed by atoms with Crippen molar-refractivity contribution in [1.82, 2.24) is 4.90 Å². The van der Waals surface area contributed by atoms with E-state index in [9.17, 15) is 0 Å². The van der Waals surface area contributed by atoms with Crippen LogP contribution in [-0.2, 0) is 0 Å². The minimum Gasteiger partial charge on any atom is -0.323 e. The van der Waals surface area contributed by atoms with Crippen molar-refractivity contribution in [3.63, 3.8) is 0 Å². The number of hydrogen-bond donors (Lipinski definition) is 1. The Balaban J connectivity index is 1.95. The van der Waals surface area contributed by atoms with E-state index in [2.05, 4.69) is 36.1 Å². The predicted molar refractivity (Wildman–Crippen MR) is 63.6 cm³/mol. The summed E-state index contributed by atoms with van der Waals surface area (Å²) in [5, 5.41) is 0. The van der Waals surface area contributed by atoms with Gasteiger partial charge in [-0.15, -0.1) is 0 Å². The van der Waals surface area contributed by atoms with Crippen LogP contribution >= 0.6 is 0 Å². The monoisotopic (exact) mass is 204 g/mol. The highest BCUT2D eigenvalue weighted by molar-refractivity contribution is 5.18. The molecule has 0 amide bonds. The van der Waals surface area contributed by atoms with Crippen molar-refractivity contribution < 1.29 is 0 Å². The van der Waals surface area contributed by atoms with Gasteiger partial charge in [-0.25, -0.2) is 0 Å². The Morgan fingerprint density at radius 2 is 2.13 bits per heavy atom. The van der Waals surface area contributed by atoms with Crippen molar-refractivity contribution in [2.24, 2.45) is 5.73 Å². The molecule has 15 heavy (non-hydrogen) atoms. The molecule has 0 saturated carbocycles. The van der Waals surface area contributed by atoms with Crippen molar-refractivity contribution in [2.75, 3.05) is 13.1 Å². The first-order valence-electron chi connectivity index (χ1n) is 5.82. The Labute approximate surface area is 92.1 Å². The molecule has 0 aliphatic carbocycles. The van der Waals surface area contributed by atoms with Crippen LogP contribution in [0.25, 0.3) is 0 Å². The van der Waals surface area contributed by atoms with Crippen molar-refractivity contribution in [2.45, 2.75) is 31.8 Å². The Morgan fingerprint density at radius 3 is 2.73 bits per heavy atom. The minimum absolute atomic E-state index is 0.159. The first kappa shape index (κ1) is 10.7. The van der Waals surface area contributed by atoms with Crippen LogP contribution in [-0.4, -0.2) is 24.0 Å². The molecule has 1 unspecified atom stereocenters. The van der Waals surface area contributed by atoms with Crippen LogP contribution in [0.5, 0.6) is 0 Å². The van der Waals surface area contributed by atoms with Gasteiger partial charge in [-0.05, 0) is 31.9 Å². The number of rotatable bonds is 3. The summed E-state index contributed by atoms with van der Waals surface area (Å²) in [5.41, 5.74) is 7.44. The molecule has 2 N–H and O–H groups in total. The van der Waals surface area contributed by atoms with Gasteiger partial charge >= 0.3 is 0 Å². The third-order valence-corrected chi connectivity index (χ3v) is 3.35. The van der Waals surface area contributed by atoms with E-state index >= 15 is 0 Å². The fourth-order valence-electron chi connectivity index (χ4n) is 2.32. The highest BCUT2D eigenvalue weighted by atomic mass is 15.2. The molecule has 1 heterocycles. The Bertz CT molecular complexity index is 297. The van der Waals surface area contributed by atoms with E-state index in [1.807, 2.05) is 6.07 Å². The average molecular weight is 204 g/mol. The van der Waals surface area contributed by atoms with Crippen LogP contribution < -0.4 is 5.73 Å². The summed E-state index contributed by atoms with van der Waals surface area (Å²) in [6, 6.07) is 11.3. The topological polar surface area (TPSA) is 29.3 Å². The molecular weight excluding hydrogens is 184 g/mol. The predicted octanol–water partition coefficient (Wildman–Crippen LogP) is 2.17. The average Bonchev–Trinajstić information content (AvgIpc) is 2.66. The van der Waals surface area contributed by atoms with Crippen LogP contribution in [0.3, 0.4) is 0 Å². The Hall–Kier alpha value is -0.860. The summed E-state index contributed by atoms with van der Waals surface area (Å²) in [5.74, 6) is 0. The number of benzene rings is 1. The molecule has 0 bridgehead atoms. The number of hydrogen-bond acceptors (Lipinski definition) is 2. The van der Waals surface area contributed by atoms with Gasteiger partial charge in [-0.2, -0.15) is 0 Å². The summed E-state index contributed by atoms with van der Waals surface area (Å²) in [4.78, 5) is 2.50. The van der Waals surface area contributed by atoms with Crippen molar-refractivity contribution in [1.29, 1.82) is 0 Å². The maximum absolute atomic E-state index is 6.20. The third-order valence-electron chi connectivity index (χ3n) is 3.35. The van der Waals surface area contributed by atoms with E-state index in [0.717, 1.165) is 6.54 Å². The van der Waals surface area contributed by atoms with Crippen LogP contribution in [0.15, 0.2) is 30.3 Å². The highest BCUT2D eigenvalue weighted by Crippen LogP contribution is 2.20. The maximum atomic E-state index is 6.20. The molecule has 1 aliphatic heterocycles. The molecule has 0 aromatic heterocycles. The lowest BCUT2D eigenvalue weighted by molar-refractivity contribution is 0.252. The molecule has 82 valence electrons.